The quantitative estimate of drug-likeness (QED) is 0.776. The lowest BCUT2D eigenvalue weighted by Crippen LogP contribution is -2.05. The maximum Gasteiger partial charge on any atom is 0.226 e. The maximum absolute atomic E-state index is 11.1. The number of nitrogens with two attached hydrogens (primary N) is 1. The van der Waals surface area contributed by atoms with Crippen molar-refractivity contribution in [3.63, 3.8) is 0 Å². The third-order valence-electron chi connectivity index (χ3n) is 3.41. The van der Waals surface area contributed by atoms with Gasteiger partial charge in [-0.2, -0.15) is 4.98 Å². The molecule has 0 spiro atoms. The molecule has 6 heteroatoms. The van der Waals surface area contributed by atoms with Crippen LogP contribution in [0.3, 0.4) is 0 Å². The van der Waals surface area contributed by atoms with Crippen LogP contribution in [0.4, 0.5) is 11.6 Å². The van der Waals surface area contributed by atoms with Gasteiger partial charge in [0.15, 0.2) is 0 Å². The number of ether oxygens (including phenoxy) is 1. The lowest BCUT2D eigenvalue weighted by molar-refractivity contribution is -0.114. The van der Waals surface area contributed by atoms with Gasteiger partial charge in [0.25, 0.3) is 0 Å². The van der Waals surface area contributed by atoms with Crippen LogP contribution in [-0.4, -0.2) is 23.0 Å². The Morgan fingerprint density at radius 3 is 2.43 bits per heavy atom. The standard InChI is InChI=1S/C17H16N4O2/c1-10(22)19-13-6-3-11(4-7-13)12-5-8-15-14(9-12)16(23-2)21-17(18)20-15/h3-9H,1-2H3,(H,19,22)(H2,18,20,21). The van der Waals surface area contributed by atoms with Crippen LogP contribution in [0.15, 0.2) is 42.5 Å². The molecule has 0 bridgehead atoms. The number of fused-ring (bicyclic) bond motifs is 1. The maximum atomic E-state index is 11.1. The molecule has 2 aromatic carbocycles. The van der Waals surface area contributed by atoms with Crippen molar-refractivity contribution in [2.45, 2.75) is 6.92 Å². The summed E-state index contributed by atoms with van der Waals surface area (Å²) in [6.07, 6.45) is 0. The average Bonchev–Trinajstić information content (AvgIpc) is 2.54. The summed E-state index contributed by atoms with van der Waals surface area (Å²) in [5, 5.41) is 3.54. The predicted octanol–water partition coefficient (Wildman–Crippen LogP) is 2.85. The molecular formula is C17H16N4O2. The van der Waals surface area contributed by atoms with Crippen molar-refractivity contribution in [3.05, 3.63) is 42.5 Å². The number of aromatic nitrogens is 2. The van der Waals surface area contributed by atoms with Crippen molar-refractivity contribution in [2.75, 3.05) is 18.2 Å². The number of rotatable bonds is 3. The Bertz CT molecular complexity index is 876. The summed E-state index contributed by atoms with van der Waals surface area (Å²) in [6.45, 7) is 1.48. The number of hydrogen-bond acceptors (Lipinski definition) is 5. The van der Waals surface area contributed by atoms with Crippen LogP contribution in [0, 0.1) is 0 Å². The molecule has 116 valence electrons. The lowest BCUT2D eigenvalue weighted by atomic mass is 10.0. The number of benzene rings is 2. The minimum atomic E-state index is -0.0945. The number of anilines is 2. The van der Waals surface area contributed by atoms with Gasteiger partial charge in [-0.05, 0) is 35.4 Å². The summed E-state index contributed by atoms with van der Waals surface area (Å²) in [7, 11) is 1.55. The van der Waals surface area contributed by atoms with Crippen LogP contribution in [-0.2, 0) is 4.79 Å². The smallest absolute Gasteiger partial charge is 0.226 e. The van der Waals surface area contributed by atoms with Crippen LogP contribution < -0.4 is 15.8 Å². The van der Waals surface area contributed by atoms with Crippen LogP contribution in [0.1, 0.15) is 6.92 Å². The molecule has 0 unspecified atom stereocenters. The molecule has 3 N–H and O–H groups in total. The van der Waals surface area contributed by atoms with E-state index in [2.05, 4.69) is 15.3 Å². The van der Waals surface area contributed by atoms with Crippen molar-refractivity contribution in [1.29, 1.82) is 0 Å². The fourth-order valence-corrected chi connectivity index (χ4v) is 2.40. The van der Waals surface area contributed by atoms with E-state index in [0.717, 1.165) is 27.7 Å². The highest BCUT2D eigenvalue weighted by atomic mass is 16.5. The van der Waals surface area contributed by atoms with Gasteiger partial charge < -0.3 is 15.8 Å². The van der Waals surface area contributed by atoms with Gasteiger partial charge >= 0.3 is 0 Å². The van der Waals surface area contributed by atoms with Gasteiger partial charge in [-0.1, -0.05) is 18.2 Å². The number of nitrogen functional groups attached to an aromatic ring is 1. The summed E-state index contributed by atoms with van der Waals surface area (Å²) in [5.74, 6) is 0.536. The number of methoxy groups -OCH3 is 1. The highest BCUT2D eigenvalue weighted by Crippen LogP contribution is 2.29. The molecule has 6 nitrogen and oxygen atoms in total. The van der Waals surface area contributed by atoms with E-state index in [9.17, 15) is 4.79 Å². The summed E-state index contributed by atoms with van der Waals surface area (Å²) in [6, 6.07) is 13.4. The molecule has 0 radical (unpaired) electrons. The van der Waals surface area contributed by atoms with Crippen molar-refractivity contribution in [1.82, 2.24) is 9.97 Å². The highest BCUT2D eigenvalue weighted by Gasteiger charge is 2.08. The molecule has 0 saturated heterocycles. The number of hydrogen-bond donors (Lipinski definition) is 2. The van der Waals surface area contributed by atoms with Crippen molar-refractivity contribution < 1.29 is 9.53 Å². The number of nitrogens with one attached hydrogen (secondary N) is 1. The fourth-order valence-electron chi connectivity index (χ4n) is 2.40. The van der Waals surface area contributed by atoms with Crippen LogP contribution in [0.2, 0.25) is 0 Å². The van der Waals surface area contributed by atoms with Crippen molar-refractivity contribution >= 4 is 28.4 Å². The first kappa shape index (κ1) is 14.8. The molecule has 0 aliphatic heterocycles. The zero-order chi connectivity index (χ0) is 16.4. The largest absolute Gasteiger partial charge is 0.480 e. The van der Waals surface area contributed by atoms with Crippen LogP contribution >= 0.6 is 0 Å². The minimum absolute atomic E-state index is 0.0945. The normalized spacial score (nSPS) is 10.5. The Hall–Kier alpha value is -3.15. The third-order valence-corrected chi connectivity index (χ3v) is 3.41. The Morgan fingerprint density at radius 1 is 1.09 bits per heavy atom. The zero-order valence-electron chi connectivity index (χ0n) is 12.8. The number of carbonyl (C=O) groups excluding carboxylic acids is 1. The third kappa shape index (κ3) is 3.06. The monoisotopic (exact) mass is 308 g/mol. The van der Waals surface area contributed by atoms with Gasteiger partial charge in [-0.3, -0.25) is 4.79 Å². The first-order valence-corrected chi connectivity index (χ1v) is 7.06. The van der Waals surface area contributed by atoms with Gasteiger partial charge in [0.05, 0.1) is 18.0 Å². The molecule has 0 atom stereocenters. The Labute approximate surface area is 133 Å². The number of carbonyl (C=O) groups is 1. The first-order valence-electron chi connectivity index (χ1n) is 7.06. The molecule has 0 saturated carbocycles. The molecule has 23 heavy (non-hydrogen) atoms. The second kappa shape index (κ2) is 5.92. The molecule has 0 aliphatic carbocycles. The van der Waals surface area contributed by atoms with Gasteiger partial charge in [0.1, 0.15) is 0 Å². The van der Waals surface area contributed by atoms with E-state index in [1.807, 2.05) is 42.5 Å². The Kier molecular flexibility index (Phi) is 3.80. The van der Waals surface area contributed by atoms with E-state index in [-0.39, 0.29) is 11.9 Å². The zero-order valence-corrected chi connectivity index (χ0v) is 12.8. The topological polar surface area (TPSA) is 90.1 Å². The predicted molar refractivity (Wildman–Crippen MR) is 90.2 cm³/mol. The van der Waals surface area contributed by atoms with Crippen molar-refractivity contribution in [3.8, 4) is 17.0 Å². The highest BCUT2D eigenvalue weighted by molar-refractivity contribution is 5.90. The van der Waals surface area contributed by atoms with Gasteiger partial charge in [-0.25, -0.2) is 4.98 Å². The van der Waals surface area contributed by atoms with Gasteiger partial charge in [-0.15, -0.1) is 0 Å². The molecule has 0 aliphatic rings. The molecule has 0 fully saturated rings. The summed E-state index contributed by atoms with van der Waals surface area (Å²) in [5.41, 5.74) is 9.17. The average molecular weight is 308 g/mol. The van der Waals surface area contributed by atoms with E-state index in [1.165, 1.54) is 6.92 Å². The van der Waals surface area contributed by atoms with Gasteiger partial charge in [0.2, 0.25) is 17.7 Å². The van der Waals surface area contributed by atoms with Crippen molar-refractivity contribution in [2.24, 2.45) is 0 Å². The second-order valence-corrected chi connectivity index (χ2v) is 5.08. The van der Waals surface area contributed by atoms with E-state index in [0.29, 0.717) is 5.88 Å². The van der Waals surface area contributed by atoms with Crippen LogP contribution in [0.25, 0.3) is 22.0 Å². The van der Waals surface area contributed by atoms with E-state index < -0.39 is 0 Å². The van der Waals surface area contributed by atoms with E-state index >= 15 is 0 Å². The van der Waals surface area contributed by atoms with E-state index in [1.54, 1.807) is 7.11 Å². The lowest BCUT2D eigenvalue weighted by Gasteiger charge is -2.08. The summed E-state index contributed by atoms with van der Waals surface area (Å²) in [4.78, 5) is 19.4. The molecule has 1 amide bonds. The molecule has 3 aromatic rings. The second-order valence-electron chi connectivity index (χ2n) is 5.08. The first-order chi connectivity index (χ1) is 11.1. The SMILES string of the molecule is COc1nc(N)nc2ccc(-c3ccc(NC(C)=O)cc3)cc12. The molecule has 3 rings (SSSR count). The summed E-state index contributed by atoms with van der Waals surface area (Å²) < 4.78 is 5.28. The van der Waals surface area contributed by atoms with Crippen LogP contribution in [0.5, 0.6) is 5.88 Å². The fraction of sp³-hybridized carbons (Fsp3) is 0.118. The molecule has 1 heterocycles. The minimum Gasteiger partial charge on any atom is -0.480 e. The molecular weight excluding hydrogens is 292 g/mol. The number of amides is 1. The van der Waals surface area contributed by atoms with Gasteiger partial charge in [0, 0.05) is 12.6 Å². The summed E-state index contributed by atoms with van der Waals surface area (Å²) >= 11 is 0. The molecule has 1 aromatic heterocycles. The Balaban J connectivity index is 2.03. The number of nitrogens with zero attached hydrogens (tertiary/aromatic N) is 2. The Morgan fingerprint density at radius 2 is 1.78 bits per heavy atom. The van der Waals surface area contributed by atoms with E-state index in [4.69, 9.17) is 10.5 Å².